The molecule has 0 aliphatic carbocycles. The van der Waals surface area contributed by atoms with E-state index in [4.69, 9.17) is 0 Å². The van der Waals surface area contributed by atoms with Crippen LogP contribution in [0, 0.1) is 0 Å². The minimum Gasteiger partial charge on any atom is -0.316 e. The Morgan fingerprint density at radius 1 is 1.15 bits per heavy atom. The number of hydrogen-bond acceptors (Lipinski definition) is 3. The molecule has 0 bridgehead atoms. The zero-order chi connectivity index (χ0) is 14.2. The van der Waals surface area contributed by atoms with Gasteiger partial charge in [0, 0.05) is 41.9 Å². The summed E-state index contributed by atoms with van der Waals surface area (Å²) >= 11 is 0. The molecule has 0 radical (unpaired) electrons. The van der Waals surface area contributed by atoms with E-state index in [2.05, 4.69) is 41.4 Å². The molecule has 1 aliphatic rings. The monoisotopic (exact) mass is 294 g/mol. The molecular formula is C16H26N2OS. The van der Waals surface area contributed by atoms with Crippen LogP contribution in [0.25, 0.3) is 0 Å². The average molecular weight is 294 g/mol. The SMILES string of the molecule is CCCNCCc1ccccc1CN1CCS(=O)CC1. The third-order valence-corrected chi connectivity index (χ3v) is 5.06. The van der Waals surface area contributed by atoms with E-state index in [1.54, 1.807) is 0 Å². The molecule has 0 spiro atoms. The van der Waals surface area contributed by atoms with Crippen molar-refractivity contribution in [3.63, 3.8) is 0 Å². The second-order valence-electron chi connectivity index (χ2n) is 5.39. The maximum Gasteiger partial charge on any atom is 0.0363 e. The van der Waals surface area contributed by atoms with Gasteiger partial charge in [0.1, 0.15) is 0 Å². The lowest BCUT2D eigenvalue weighted by Crippen LogP contribution is -2.37. The number of nitrogens with zero attached hydrogens (tertiary/aromatic N) is 1. The number of hydrogen-bond donors (Lipinski definition) is 1. The molecule has 1 N–H and O–H groups in total. The predicted molar refractivity (Wildman–Crippen MR) is 86.5 cm³/mol. The molecule has 0 unspecified atom stereocenters. The zero-order valence-corrected chi connectivity index (χ0v) is 13.3. The summed E-state index contributed by atoms with van der Waals surface area (Å²) in [7, 11) is -0.583. The fraction of sp³-hybridized carbons (Fsp3) is 0.625. The molecule has 1 fully saturated rings. The van der Waals surface area contributed by atoms with Crippen molar-refractivity contribution in [1.82, 2.24) is 10.2 Å². The summed E-state index contributed by atoms with van der Waals surface area (Å²) < 4.78 is 11.4. The summed E-state index contributed by atoms with van der Waals surface area (Å²) in [5.41, 5.74) is 2.88. The van der Waals surface area contributed by atoms with E-state index in [1.807, 2.05) is 0 Å². The van der Waals surface area contributed by atoms with Gasteiger partial charge in [-0.05, 0) is 37.1 Å². The Morgan fingerprint density at radius 3 is 2.55 bits per heavy atom. The van der Waals surface area contributed by atoms with Gasteiger partial charge in [0.2, 0.25) is 0 Å². The van der Waals surface area contributed by atoms with Crippen molar-refractivity contribution in [3.05, 3.63) is 35.4 Å². The largest absolute Gasteiger partial charge is 0.316 e. The van der Waals surface area contributed by atoms with Gasteiger partial charge in [-0.15, -0.1) is 0 Å². The summed E-state index contributed by atoms with van der Waals surface area (Å²) in [6, 6.07) is 8.73. The Hall–Kier alpha value is -0.710. The van der Waals surface area contributed by atoms with Crippen molar-refractivity contribution in [3.8, 4) is 0 Å². The molecule has 0 atom stereocenters. The molecule has 1 heterocycles. The molecule has 20 heavy (non-hydrogen) atoms. The van der Waals surface area contributed by atoms with E-state index in [-0.39, 0.29) is 0 Å². The summed E-state index contributed by atoms with van der Waals surface area (Å²) in [6.07, 6.45) is 2.28. The van der Waals surface area contributed by atoms with Crippen LogP contribution in [0.15, 0.2) is 24.3 Å². The molecule has 1 aromatic carbocycles. The Labute approximate surface area is 125 Å². The fourth-order valence-corrected chi connectivity index (χ4v) is 3.68. The molecule has 1 aliphatic heterocycles. The Bertz CT molecular complexity index is 426. The van der Waals surface area contributed by atoms with Crippen LogP contribution in [0.3, 0.4) is 0 Å². The maximum atomic E-state index is 11.4. The summed E-state index contributed by atoms with van der Waals surface area (Å²) in [5.74, 6) is 1.67. The Kier molecular flexibility index (Phi) is 6.70. The van der Waals surface area contributed by atoms with Gasteiger partial charge in [-0.2, -0.15) is 0 Å². The Balaban J connectivity index is 1.88. The summed E-state index contributed by atoms with van der Waals surface area (Å²) in [4.78, 5) is 2.43. The first-order valence-electron chi connectivity index (χ1n) is 7.64. The first kappa shape index (κ1) is 15.7. The first-order valence-corrected chi connectivity index (χ1v) is 9.13. The Morgan fingerprint density at radius 2 is 1.85 bits per heavy atom. The standard InChI is InChI=1S/C16H26N2OS/c1-2-8-17-9-7-15-5-3-4-6-16(15)14-18-10-12-20(19)13-11-18/h3-6,17H,2,7-14H2,1H3. The zero-order valence-electron chi connectivity index (χ0n) is 12.4. The van der Waals surface area contributed by atoms with Crippen LogP contribution in [0.4, 0.5) is 0 Å². The van der Waals surface area contributed by atoms with Crippen LogP contribution in [-0.2, 0) is 23.8 Å². The van der Waals surface area contributed by atoms with Gasteiger partial charge in [0.25, 0.3) is 0 Å². The van der Waals surface area contributed by atoms with E-state index in [0.717, 1.165) is 50.7 Å². The predicted octanol–water partition coefficient (Wildman–Crippen LogP) is 1.79. The summed E-state index contributed by atoms with van der Waals surface area (Å²) in [5, 5.41) is 3.47. The lowest BCUT2D eigenvalue weighted by Gasteiger charge is -2.27. The molecule has 0 saturated carbocycles. The van der Waals surface area contributed by atoms with Crippen LogP contribution in [0.5, 0.6) is 0 Å². The van der Waals surface area contributed by atoms with Crippen LogP contribution in [-0.4, -0.2) is 46.8 Å². The fourth-order valence-electron chi connectivity index (χ4n) is 2.56. The van der Waals surface area contributed by atoms with Crippen LogP contribution in [0.2, 0.25) is 0 Å². The van der Waals surface area contributed by atoms with Gasteiger partial charge in [-0.1, -0.05) is 31.2 Å². The number of benzene rings is 1. The van der Waals surface area contributed by atoms with Crippen molar-refractivity contribution in [1.29, 1.82) is 0 Å². The third kappa shape index (κ3) is 5.00. The normalized spacial score (nSPS) is 17.4. The molecule has 1 aromatic rings. The molecule has 2 rings (SSSR count). The van der Waals surface area contributed by atoms with Crippen molar-refractivity contribution in [2.24, 2.45) is 0 Å². The quantitative estimate of drug-likeness (QED) is 0.778. The van der Waals surface area contributed by atoms with Crippen molar-refractivity contribution in [2.75, 3.05) is 37.7 Å². The van der Waals surface area contributed by atoms with Gasteiger partial charge >= 0.3 is 0 Å². The lowest BCUT2D eigenvalue weighted by atomic mass is 10.0. The number of nitrogens with one attached hydrogen (secondary N) is 1. The highest BCUT2D eigenvalue weighted by atomic mass is 32.2. The smallest absolute Gasteiger partial charge is 0.0363 e. The average Bonchev–Trinajstić information content (AvgIpc) is 2.47. The summed E-state index contributed by atoms with van der Waals surface area (Å²) in [6.45, 7) is 7.28. The third-order valence-electron chi connectivity index (χ3n) is 3.78. The van der Waals surface area contributed by atoms with Crippen LogP contribution >= 0.6 is 0 Å². The van der Waals surface area contributed by atoms with Crippen LogP contribution < -0.4 is 5.32 Å². The van der Waals surface area contributed by atoms with Crippen LogP contribution in [0.1, 0.15) is 24.5 Å². The van der Waals surface area contributed by atoms with E-state index < -0.39 is 10.8 Å². The van der Waals surface area contributed by atoms with Gasteiger partial charge in [0.15, 0.2) is 0 Å². The first-order chi connectivity index (χ1) is 9.79. The minimum atomic E-state index is -0.583. The molecule has 3 nitrogen and oxygen atoms in total. The second kappa shape index (κ2) is 8.55. The van der Waals surface area contributed by atoms with Crippen molar-refractivity contribution < 1.29 is 4.21 Å². The topological polar surface area (TPSA) is 32.3 Å². The molecular weight excluding hydrogens is 268 g/mol. The van der Waals surface area contributed by atoms with E-state index in [0.29, 0.717) is 0 Å². The molecule has 0 amide bonds. The minimum absolute atomic E-state index is 0.583. The molecule has 0 aromatic heterocycles. The highest BCUT2D eigenvalue weighted by molar-refractivity contribution is 7.85. The highest BCUT2D eigenvalue weighted by Gasteiger charge is 2.16. The van der Waals surface area contributed by atoms with Gasteiger partial charge in [-0.3, -0.25) is 9.11 Å². The van der Waals surface area contributed by atoms with Gasteiger partial charge in [-0.25, -0.2) is 0 Å². The maximum absolute atomic E-state index is 11.4. The highest BCUT2D eigenvalue weighted by Crippen LogP contribution is 2.13. The molecule has 1 saturated heterocycles. The second-order valence-corrected chi connectivity index (χ2v) is 7.09. The van der Waals surface area contributed by atoms with E-state index >= 15 is 0 Å². The number of rotatable bonds is 7. The lowest BCUT2D eigenvalue weighted by molar-refractivity contribution is 0.290. The molecule has 4 heteroatoms. The van der Waals surface area contributed by atoms with Crippen molar-refractivity contribution >= 4 is 10.8 Å². The van der Waals surface area contributed by atoms with Crippen molar-refractivity contribution in [2.45, 2.75) is 26.3 Å². The van der Waals surface area contributed by atoms with Gasteiger partial charge in [0.05, 0.1) is 0 Å². The van der Waals surface area contributed by atoms with E-state index in [1.165, 1.54) is 17.5 Å². The van der Waals surface area contributed by atoms with Gasteiger partial charge < -0.3 is 5.32 Å². The van der Waals surface area contributed by atoms with E-state index in [9.17, 15) is 4.21 Å². The molecule has 112 valence electrons.